The summed E-state index contributed by atoms with van der Waals surface area (Å²) in [6.07, 6.45) is 0.738. The quantitative estimate of drug-likeness (QED) is 0.906. The molecule has 0 atom stereocenters. The first-order valence-corrected chi connectivity index (χ1v) is 6.70. The molecule has 3 rings (SSSR count). The van der Waals surface area contributed by atoms with Crippen molar-refractivity contribution in [2.45, 2.75) is 18.9 Å². The average Bonchev–Trinajstić information content (AvgIpc) is 2.98. The number of benzene rings is 1. The topological polar surface area (TPSA) is 79.5 Å². The zero-order valence-electron chi connectivity index (χ0n) is 11.2. The Balaban J connectivity index is 1.75. The van der Waals surface area contributed by atoms with Crippen LogP contribution in [0.15, 0.2) is 28.8 Å². The number of likely N-dealkylation sites (tertiary alicyclic amines) is 1. The highest BCUT2D eigenvalue weighted by atomic mass is 19.1. The van der Waals surface area contributed by atoms with Gasteiger partial charge in [0.05, 0.1) is 6.10 Å². The predicted molar refractivity (Wildman–Crippen MR) is 70.8 cm³/mol. The number of aliphatic hydroxyl groups is 1. The van der Waals surface area contributed by atoms with Gasteiger partial charge in [-0.05, 0) is 37.1 Å². The molecular weight excluding hydrogens is 277 g/mol. The van der Waals surface area contributed by atoms with Gasteiger partial charge in [0.25, 0.3) is 0 Å². The van der Waals surface area contributed by atoms with Gasteiger partial charge < -0.3 is 14.5 Å². The molecule has 1 aliphatic heterocycles. The lowest BCUT2D eigenvalue weighted by atomic mass is 10.1. The Hall–Kier alpha value is -2.28. The van der Waals surface area contributed by atoms with Crippen molar-refractivity contribution in [3.63, 3.8) is 0 Å². The number of piperidine rings is 1. The number of hydrogen-bond acceptors (Lipinski definition) is 5. The van der Waals surface area contributed by atoms with Gasteiger partial charge in [0.2, 0.25) is 5.82 Å². The van der Waals surface area contributed by atoms with E-state index in [2.05, 4.69) is 10.1 Å². The number of carbonyl (C=O) groups excluding carboxylic acids is 1. The van der Waals surface area contributed by atoms with Crippen molar-refractivity contribution < 1.29 is 18.8 Å². The Morgan fingerprint density at radius 3 is 2.62 bits per heavy atom. The monoisotopic (exact) mass is 291 g/mol. The van der Waals surface area contributed by atoms with Crippen LogP contribution in [0.25, 0.3) is 11.4 Å². The number of amides is 1. The van der Waals surface area contributed by atoms with Gasteiger partial charge in [-0.3, -0.25) is 4.79 Å². The van der Waals surface area contributed by atoms with E-state index in [0.717, 1.165) is 0 Å². The lowest BCUT2D eigenvalue weighted by Crippen LogP contribution is -2.40. The molecule has 7 heteroatoms. The molecule has 1 aromatic carbocycles. The molecule has 1 fully saturated rings. The van der Waals surface area contributed by atoms with Crippen LogP contribution in [0.1, 0.15) is 23.5 Å². The SMILES string of the molecule is O=C(c1nc(-c2ccc(F)cc2)no1)N1CCC(O)CC1. The Morgan fingerprint density at radius 1 is 1.29 bits per heavy atom. The van der Waals surface area contributed by atoms with Crippen LogP contribution >= 0.6 is 0 Å². The highest BCUT2D eigenvalue weighted by molar-refractivity contribution is 5.90. The van der Waals surface area contributed by atoms with E-state index < -0.39 is 0 Å². The van der Waals surface area contributed by atoms with E-state index in [1.165, 1.54) is 24.3 Å². The lowest BCUT2D eigenvalue weighted by molar-refractivity contribution is 0.0505. The third-order valence-corrected chi connectivity index (χ3v) is 3.46. The minimum absolute atomic E-state index is 0.0919. The molecule has 1 N–H and O–H groups in total. The van der Waals surface area contributed by atoms with Crippen molar-refractivity contribution in [1.82, 2.24) is 15.0 Å². The first kappa shape index (κ1) is 13.7. The molecule has 0 aliphatic carbocycles. The van der Waals surface area contributed by atoms with Crippen molar-refractivity contribution in [3.8, 4) is 11.4 Å². The molecule has 0 radical (unpaired) electrons. The average molecular weight is 291 g/mol. The molecule has 6 nitrogen and oxygen atoms in total. The van der Waals surface area contributed by atoms with E-state index in [1.54, 1.807) is 4.90 Å². The zero-order chi connectivity index (χ0) is 14.8. The van der Waals surface area contributed by atoms with Crippen LogP contribution in [-0.2, 0) is 0 Å². The van der Waals surface area contributed by atoms with Gasteiger partial charge >= 0.3 is 11.8 Å². The summed E-state index contributed by atoms with van der Waals surface area (Å²) < 4.78 is 17.8. The summed E-state index contributed by atoms with van der Waals surface area (Å²) in [5.41, 5.74) is 0.577. The number of hydrogen-bond donors (Lipinski definition) is 1. The van der Waals surface area contributed by atoms with Crippen molar-refractivity contribution in [2.24, 2.45) is 0 Å². The molecule has 0 unspecified atom stereocenters. The molecule has 21 heavy (non-hydrogen) atoms. The van der Waals surface area contributed by atoms with Gasteiger partial charge in [0, 0.05) is 18.7 Å². The van der Waals surface area contributed by atoms with Crippen molar-refractivity contribution in [2.75, 3.05) is 13.1 Å². The number of carbonyl (C=O) groups is 1. The van der Waals surface area contributed by atoms with Gasteiger partial charge in [-0.2, -0.15) is 4.98 Å². The van der Waals surface area contributed by atoms with Crippen LogP contribution in [0.3, 0.4) is 0 Å². The van der Waals surface area contributed by atoms with Crippen LogP contribution in [0.4, 0.5) is 4.39 Å². The smallest absolute Gasteiger partial charge is 0.316 e. The molecule has 1 aromatic heterocycles. The fourth-order valence-corrected chi connectivity index (χ4v) is 2.23. The van der Waals surface area contributed by atoms with Crippen molar-refractivity contribution in [3.05, 3.63) is 36.0 Å². The Kier molecular flexibility index (Phi) is 3.66. The van der Waals surface area contributed by atoms with Gasteiger partial charge in [0.15, 0.2) is 0 Å². The molecule has 0 spiro atoms. The maximum Gasteiger partial charge on any atom is 0.316 e. The molecule has 2 aromatic rings. The number of rotatable bonds is 2. The Bertz CT molecular complexity index is 633. The summed E-state index contributed by atoms with van der Waals surface area (Å²) in [5.74, 6) is -0.547. The molecule has 0 saturated carbocycles. The van der Waals surface area contributed by atoms with Crippen LogP contribution in [0.2, 0.25) is 0 Å². The number of nitrogens with zero attached hydrogens (tertiary/aromatic N) is 3. The van der Waals surface area contributed by atoms with Gasteiger partial charge in [-0.25, -0.2) is 4.39 Å². The standard InChI is InChI=1S/C14H14FN3O3/c15-10-3-1-9(2-4-10)12-16-13(21-17-12)14(20)18-7-5-11(19)6-8-18/h1-4,11,19H,5-8H2. The fraction of sp³-hybridized carbons (Fsp3) is 0.357. The minimum atomic E-state index is -0.356. The molecule has 1 amide bonds. The van der Waals surface area contributed by atoms with Gasteiger partial charge in [0.1, 0.15) is 5.82 Å². The number of aliphatic hydroxyl groups excluding tert-OH is 1. The maximum atomic E-state index is 12.9. The van der Waals surface area contributed by atoms with Gasteiger partial charge in [-0.15, -0.1) is 0 Å². The number of halogens is 1. The summed E-state index contributed by atoms with van der Waals surface area (Å²) in [4.78, 5) is 17.8. The van der Waals surface area contributed by atoms with Gasteiger partial charge in [-0.1, -0.05) is 5.16 Å². The molecule has 1 aliphatic rings. The summed E-state index contributed by atoms with van der Waals surface area (Å²) in [6, 6.07) is 5.62. The summed E-state index contributed by atoms with van der Waals surface area (Å²) in [7, 11) is 0. The maximum absolute atomic E-state index is 12.9. The second kappa shape index (κ2) is 5.61. The predicted octanol–water partition coefficient (Wildman–Crippen LogP) is 1.47. The van der Waals surface area contributed by atoms with Crippen LogP contribution in [0.5, 0.6) is 0 Å². The molecule has 0 bridgehead atoms. The van der Waals surface area contributed by atoms with Crippen LogP contribution in [0, 0.1) is 5.82 Å². The van der Waals surface area contributed by atoms with E-state index >= 15 is 0 Å². The first-order chi connectivity index (χ1) is 10.1. The summed E-state index contributed by atoms with van der Waals surface area (Å²) >= 11 is 0. The van der Waals surface area contributed by atoms with Crippen LogP contribution < -0.4 is 0 Å². The second-order valence-electron chi connectivity index (χ2n) is 4.95. The molecule has 2 heterocycles. The van der Waals surface area contributed by atoms with Crippen molar-refractivity contribution in [1.29, 1.82) is 0 Å². The van der Waals surface area contributed by atoms with E-state index in [-0.39, 0.29) is 29.5 Å². The Morgan fingerprint density at radius 2 is 1.95 bits per heavy atom. The highest BCUT2D eigenvalue weighted by Gasteiger charge is 2.26. The fourth-order valence-electron chi connectivity index (χ4n) is 2.23. The normalized spacial score (nSPS) is 16.2. The molecule has 1 saturated heterocycles. The Labute approximate surface area is 120 Å². The third kappa shape index (κ3) is 2.92. The molecule has 110 valence electrons. The molecular formula is C14H14FN3O3. The van der Waals surface area contributed by atoms with Crippen LogP contribution in [-0.4, -0.2) is 45.2 Å². The zero-order valence-corrected chi connectivity index (χ0v) is 11.2. The van der Waals surface area contributed by atoms with E-state index in [9.17, 15) is 14.3 Å². The van der Waals surface area contributed by atoms with E-state index in [0.29, 0.717) is 31.5 Å². The summed E-state index contributed by atoms with van der Waals surface area (Å²) in [5, 5.41) is 13.2. The van der Waals surface area contributed by atoms with E-state index in [4.69, 9.17) is 4.52 Å². The van der Waals surface area contributed by atoms with Crippen molar-refractivity contribution >= 4 is 5.91 Å². The lowest BCUT2D eigenvalue weighted by Gasteiger charge is -2.28. The first-order valence-electron chi connectivity index (χ1n) is 6.70. The highest BCUT2D eigenvalue weighted by Crippen LogP contribution is 2.18. The second-order valence-corrected chi connectivity index (χ2v) is 4.95. The minimum Gasteiger partial charge on any atom is -0.393 e. The summed E-state index contributed by atoms with van der Waals surface area (Å²) in [6.45, 7) is 0.933. The van der Waals surface area contributed by atoms with E-state index in [1.807, 2.05) is 0 Å². The largest absolute Gasteiger partial charge is 0.393 e. The third-order valence-electron chi connectivity index (χ3n) is 3.46. The number of aromatic nitrogens is 2.